The third-order valence-electron chi connectivity index (χ3n) is 3.34. The number of nitrogens with one attached hydrogen (secondary N) is 1. The van der Waals surface area contributed by atoms with Crippen molar-refractivity contribution in [3.63, 3.8) is 0 Å². The summed E-state index contributed by atoms with van der Waals surface area (Å²) >= 11 is 0. The fourth-order valence-electron chi connectivity index (χ4n) is 2.14. The van der Waals surface area contributed by atoms with E-state index < -0.39 is 9.84 Å². The Balaban J connectivity index is 2.18. The molecule has 0 aromatic carbocycles. The molecule has 106 valence electrons. The molecule has 0 unspecified atom stereocenters. The average Bonchev–Trinajstić information content (AvgIpc) is 2.76. The van der Waals surface area contributed by atoms with Crippen LogP contribution in [0.15, 0.2) is 0 Å². The first-order valence-corrected chi connectivity index (χ1v) is 8.34. The summed E-state index contributed by atoms with van der Waals surface area (Å²) in [7, 11) is -0.144. The van der Waals surface area contributed by atoms with Crippen LogP contribution in [0.25, 0.3) is 0 Å². The maximum Gasteiger partial charge on any atom is 0.237 e. The van der Waals surface area contributed by atoms with Crippen LogP contribution in [-0.4, -0.2) is 57.9 Å². The molecule has 0 atom stereocenters. The van der Waals surface area contributed by atoms with E-state index >= 15 is 0 Å². The predicted molar refractivity (Wildman–Crippen MR) is 72.2 cm³/mol. The van der Waals surface area contributed by atoms with Crippen LogP contribution in [0.3, 0.4) is 0 Å². The van der Waals surface area contributed by atoms with Crippen molar-refractivity contribution in [2.45, 2.75) is 25.7 Å². The highest BCUT2D eigenvalue weighted by molar-refractivity contribution is 7.92. The molecule has 1 rings (SSSR count). The van der Waals surface area contributed by atoms with E-state index in [2.05, 4.69) is 5.32 Å². The van der Waals surface area contributed by atoms with E-state index in [0.717, 1.165) is 6.54 Å². The molecular formula is C12H24N2O3S. The fourth-order valence-corrected chi connectivity index (χ4v) is 3.37. The summed E-state index contributed by atoms with van der Waals surface area (Å²) in [6.07, 6.45) is 5.09. The number of carbonyl (C=O) groups excluding carboxylic acids is 1. The third kappa shape index (κ3) is 5.82. The Hall–Kier alpha value is -0.620. The van der Waals surface area contributed by atoms with Crippen LogP contribution in [0.4, 0.5) is 0 Å². The highest BCUT2D eigenvalue weighted by Gasteiger charge is 2.18. The van der Waals surface area contributed by atoms with Gasteiger partial charge < -0.3 is 10.2 Å². The van der Waals surface area contributed by atoms with E-state index in [1.165, 1.54) is 30.6 Å². The first-order chi connectivity index (χ1) is 8.41. The number of nitrogens with zero attached hydrogens (tertiary/aromatic N) is 1. The SMILES string of the molecule is CN(C)C(=O)CS(=O)(=O)CCNCC1CCCC1. The molecule has 1 amide bonds. The number of amides is 1. The van der Waals surface area contributed by atoms with E-state index in [0.29, 0.717) is 12.5 Å². The number of carbonyl (C=O) groups is 1. The third-order valence-corrected chi connectivity index (χ3v) is 4.85. The molecular weight excluding hydrogens is 252 g/mol. The highest BCUT2D eigenvalue weighted by Crippen LogP contribution is 2.23. The Morgan fingerprint density at radius 2 is 1.89 bits per heavy atom. The first kappa shape index (κ1) is 15.4. The van der Waals surface area contributed by atoms with Gasteiger partial charge in [0.2, 0.25) is 5.91 Å². The first-order valence-electron chi connectivity index (χ1n) is 6.52. The summed E-state index contributed by atoms with van der Waals surface area (Å²) in [5.41, 5.74) is 0. The van der Waals surface area contributed by atoms with Gasteiger partial charge >= 0.3 is 0 Å². The van der Waals surface area contributed by atoms with Crippen molar-refractivity contribution in [2.24, 2.45) is 5.92 Å². The molecule has 0 radical (unpaired) electrons. The molecule has 1 aliphatic rings. The van der Waals surface area contributed by atoms with Crippen molar-refractivity contribution < 1.29 is 13.2 Å². The van der Waals surface area contributed by atoms with Gasteiger partial charge in [0.25, 0.3) is 0 Å². The lowest BCUT2D eigenvalue weighted by molar-refractivity contribution is -0.125. The molecule has 5 nitrogen and oxygen atoms in total. The molecule has 6 heteroatoms. The van der Waals surface area contributed by atoms with Crippen molar-refractivity contribution in [3.8, 4) is 0 Å². The van der Waals surface area contributed by atoms with Gasteiger partial charge in [-0.3, -0.25) is 4.79 Å². The molecule has 0 heterocycles. The summed E-state index contributed by atoms with van der Waals surface area (Å²) in [6, 6.07) is 0. The molecule has 0 aromatic rings. The lowest BCUT2D eigenvalue weighted by Gasteiger charge is -2.12. The minimum atomic E-state index is -3.28. The Labute approximate surface area is 110 Å². The lowest BCUT2D eigenvalue weighted by Crippen LogP contribution is -2.33. The molecule has 0 bridgehead atoms. The van der Waals surface area contributed by atoms with E-state index in [9.17, 15) is 13.2 Å². The Bertz CT molecular complexity index is 360. The van der Waals surface area contributed by atoms with Gasteiger partial charge in [-0.2, -0.15) is 0 Å². The highest BCUT2D eigenvalue weighted by atomic mass is 32.2. The fraction of sp³-hybridized carbons (Fsp3) is 0.917. The minimum Gasteiger partial charge on any atom is -0.348 e. The number of hydrogen-bond acceptors (Lipinski definition) is 4. The van der Waals surface area contributed by atoms with Crippen molar-refractivity contribution in [1.82, 2.24) is 10.2 Å². The van der Waals surface area contributed by atoms with Gasteiger partial charge in [0.15, 0.2) is 9.84 Å². The van der Waals surface area contributed by atoms with E-state index in [-0.39, 0.29) is 17.4 Å². The second-order valence-corrected chi connectivity index (χ2v) is 7.42. The van der Waals surface area contributed by atoms with Crippen LogP contribution in [0.1, 0.15) is 25.7 Å². The molecule has 18 heavy (non-hydrogen) atoms. The van der Waals surface area contributed by atoms with E-state index in [1.807, 2.05) is 0 Å². The van der Waals surface area contributed by atoms with Crippen LogP contribution < -0.4 is 5.32 Å². The van der Waals surface area contributed by atoms with E-state index in [4.69, 9.17) is 0 Å². The van der Waals surface area contributed by atoms with Gasteiger partial charge in [-0.15, -0.1) is 0 Å². The molecule has 0 aromatic heterocycles. The van der Waals surface area contributed by atoms with Crippen molar-refractivity contribution >= 4 is 15.7 Å². The van der Waals surface area contributed by atoms with Crippen LogP contribution in [0, 0.1) is 5.92 Å². The smallest absolute Gasteiger partial charge is 0.237 e. The van der Waals surface area contributed by atoms with Crippen molar-refractivity contribution in [3.05, 3.63) is 0 Å². The number of rotatable bonds is 7. The minimum absolute atomic E-state index is 0.0410. The average molecular weight is 276 g/mol. The normalized spacial score (nSPS) is 17.0. The standard InChI is InChI=1S/C12H24N2O3S/c1-14(2)12(15)10-18(16,17)8-7-13-9-11-5-3-4-6-11/h11,13H,3-10H2,1-2H3. The Morgan fingerprint density at radius 3 is 2.44 bits per heavy atom. The van der Waals surface area contributed by atoms with Gasteiger partial charge in [0.05, 0.1) is 5.75 Å². The van der Waals surface area contributed by atoms with Gasteiger partial charge in [-0.1, -0.05) is 12.8 Å². The molecule has 1 aliphatic carbocycles. The molecule has 1 saturated carbocycles. The zero-order valence-corrected chi connectivity index (χ0v) is 12.1. The zero-order chi connectivity index (χ0) is 13.6. The quantitative estimate of drug-likeness (QED) is 0.678. The van der Waals surface area contributed by atoms with Gasteiger partial charge in [0.1, 0.15) is 5.75 Å². The van der Waals surface area contributed by atoms with Gasteiger partial charge in [-0.25, -0.2) is 8.42 Å². The topological polar surface area (TPSA) is 66.5 Å². The second kappa shape index (κ2) is 7.09. The molecule has 0 aliphatic heterocycles. The molecule has 1 N–H and O–H groups in total. The molecule has 0 spiro atoms. The molecule has 0 saturated heterocycles. The lowest BCUT2D eigenvalue weighted by atomic mass is 10.1. The van der Waals surface area contributed by atoms with Crippen LogP contribution in [0.5, 0.6) is 0 Å². The zero-order valence-electron chi connectivity index (χ0n) is 11.3. The summed E-state index contributed by atoms with van der Waals surface area (Å²) < 4.78 is 23.3. The maximum absolute atomic E-state index is 11.7. The summed E-state index contributed by atoms with van der Waals surface area (Å²) in [5.74, 6) is 0.00614. The summed E-state index contributed by atoms with van der Waals surface area (Å²) in [6.45, 7) is 1.34. The van der Waals surface area contributed by atoms with E-state index in [1.54, 1.807) is 14.1 Å². The van der Waals surface area contributed by atoms with Crippen LogP contribution in [0.2, 0.25) is 0 Å². The monoisotopic (exact) mass is 276 g/mol. The Kier molecular flexibility index (Phi) is 6.08. The predicted octanol–water partition coefficient (Wildman–Crippen LogP) is 0.269. The van der Waals surface area contributed by atoms with Gasteiger partial charge in [0, 0.05) is 20.6 Å². The summed E-state index contributed by atoms with van der Waals surface area (Å²) in [5, 5.41) is 3.18. The Morgan fingerprint density at radius 1 is 1.28 bits per heavy atom. The summed E-state index contributed by atoms with van der Waals surface area (Å²) in [4.78, 5) is 12.6. The largest absolute Gasteiger partial charge is 0.348 e. The van der Waals surface area contributed by atoms with Crippen LogP contribution >= 0.6 is 0 Å². The number of hydrogen-bond donors (Lipinski definition) is 1. The van der Waals surface area contributed by atoms with Gasteiger partial charge in [-0.05, 0) is 25.3 Å². The second-order valence-electron chi connectivity index (χ2n) is 5.23. The van der Waals surface area contributed by atoms with Crippen molar-refractivity contribution in [1.29, 1.82) is 0 Å². The molecule has 1 fully saturated rings. The van der Waals surface area contributed by atoms with Crippen LogP contribution in [-0.2, 0) is 14.6 Å². The number of sulfone groups is 1. The van der Waals surface area contributed by atoms with Crippen molar-refractivity contribution in [2.75, 3.05) is 38.7 Å². The maximum atomic E-state index is 11.7.